The van der Waals surface area contributed by atoms with E-state index in [0.29, 0.717) is 5.75 Å². The number of carbonyl (C=O) groups is 2. The molecule has 0 aliphatic heterocycles. The van der Waals surface area contributed by atoms with Gasteiger partial charge in [0.05, 0.1) is 6.42 Å². The molecule has 0 saturated carbocycles. The number of carbonyl (C=O) groups excluding carboxylic acids is 1. The quantitative estimate of drug-likeness (QED) is 0.449. The molecule has 0 bridgehead atoms. The lowest BCUT2D eigenvalue weighted by molar-refractivity contribution is -0.146. The van der Waals surface area contributed by atoms with Gasteiger partial charge in [0, 0.05) is 5.75 Å². The Labute approximate surface area is 81.1 Å². The van der Waals surface area contributed by atoms with Crippen LogP contribution in [0.5, 0.6) is 0 Å². The molecule has 0 saturated heterocycles. The molecular weight excluding hydrogens is 200 g/mol. The molecule has 0 amide bonds. The highest BCUT2D eigenvalue weighted by Crippen LogP contribution is 2.03. The van der Waals surface area contributed by atoms with Crippen molar-refractivity contribution >= 4 is 37.2 Å². The summed E-state index contributed by atoms with van der Waals surface area (Å²) in [5.74, 6) is -1.27. The Kier molecular flexibility index (Phi) is 6.00. The average Bonchev–Trinajstić information content (AvgIpc) is 1.98. The van der Waals surface area contributed by atoms with Crippen molar-refractivity contribution in [2.75, 3.05) is 12.4 Å². The summed E-state index contributed by atoms with van der Waals surface area (Å²) in [4.78, 5) is 21.0. The van der Waals surface area contributed by atoms with Crippen molar-refractivity contribution < 1.29 is 19.4 Å². The molecule has 0 rings (SSSR count). The van der Waals surface area contributed by atoms with Gasteiger partial charge in [-0.2, -0.15) is 25.3 Å². The van der Waals surface area contributed by atoms with Gasteiger partial charge in [0.25, 0.3) is 0 Å². The van der Waals surface area contributed by atoms with Gasteiger partial charge in [0.1, 0.15) is 11.9 Å². The predicted octanol–water partition coefficient (Wildman–Crippen LogP) is 0.233. The average molecular weight is 210 g/mol. The van der Waals surface area contributed by atoms with Gasteiger partial charge in [-0.1, -0.05) is 0 Å². The fourth-order valence-electron chi connectivity index (χ4n) is 0.491. The molecule has 1 unspecified atom stereocenters. The van der Waals surface area contributed by atoms with Gasteiger partial charge in [-0.3, -0.25) is 9.59 Å². The monoisotopic (exact) mass is 210 g/mol. The number of hydrogen-bond acceptors (Lipinski definition) is 5. The van der Waals surface area contributed by atoms with Crippen molar-refractivity contribution in [2.45, 2.75) is 11.7 Å². The Balaban J connectivity index is 3.69. The predicted molar refractivity (Wildman–Crippen MR) is 49.8 cm³/mol. The second-order valence-electron chi connectivity index (χ2n) is 2.00. The van der Waals surface area contributed by atoms with Gasteiger partial charge in [0.15, 0.2) is 0 Å². The highest BCUT2D eigenvalue weighted by molar-refractivity contribution is 7.81. The molecule has 0 heterocycles. The van der Waals surface area contributed by atoms with Crippen LogP contribution in [0, 0.1) is 0 Å². The lowest BCUT2D eigenvalue weighted by Crippen LogP contribution is -2.21. The van der Waals surface area contributed by atoms with E-state index < -0.39 is 17.2 Å². The zero-order chi connectivity index (χ0) is 9.56. The summed E-state index contributed by atoms with van der Waals surface area (Å²) in [7, 11) is 0. The fraction of sp³-hybridized carbons (Fsp3) is 0.667. The summed E-state index contributed by atoms with van der Waals surface area (Å²) in [6, 6.07) is 0. The van der Waals surface area contributed by atoms with E-state index in [-0.39, 0.29) is 13.0 Å². The van der Waals surface area contributed by atoms with Crippen LogP contribution in [0.25, 0.3) is 0 Å². The van der Waals surface area contributed by atoms with Crippen LogP contribution in [0.1, 0.15) is 6.42 Å². The van der Waals surface area contributed by atoms with E-state index in [2.05, 4.69) is 30.0 Å². The first kappa shape index (κ1) is 11.6. The van der Waals surface area contributed by atoms with Crippen LogP contribution in [0.3, 0.4) is 0 Å². The normalized spacial score (nSPS) is 12.2. The van der Waals surface area contributed by atoms with Crippen LogP contribution in [-0.4, -0.2) is 34.7 Å². The standard InChI is InChI=1S/C6H10O4S2/c7-5(8)3-4(12)6(9)10-1-2-11/h4,11-12H,1-3H2,(H,7,8). The number of ether oxygens (including phenoxy) is 1. The van der Waals surface area contributed by atoms with Gasteiger partial charge in [-0.05, 0) is 0 Å². The van der Waals surface area contributed by atoms with Crippen molar-refractivity contribution in [1.29, 1.82) is 0 Å². The van der Waals surface area contributed by atoms with Crippen LogP contribution in [0.4, 0.5) is 0 Å². The highest BCUT2D eigenvalue weighted by atomic mass is 32.1. The molecule has 1 N–H and O–H groups in total. The molecule has 0 fully saturated rings. The summed E-state index contributed by atoms with van der Waals surface area (Å²) < 4.78 is 4.60. The number of carboxylic acids is 1. The molecular formula is C6H10O4S2. The highest BCUT2D eigenvalue weighted by Gasteiger charge is 2.18. The molecule has 6 heteroatoms. The number of thiol groups is 2. The summed E-state index contributed by atoms with van der Waals surface area (Å²) in [6.07, 6.45) is -0.325. The lowest BCUT2D eigenvalue weighted by Gasteiger charge is -2.06. The zero-order valence-corrected chi connectivity index (χ0v) is 8.05. The van der Waals surface area contributed by atoms with Crippen molar-refractivity contribution in [1.82, 2.24) is 0 Å². The van der Waals surface area contributed by atoms with E-state index in [9.17, 15) is 9.59 Å². The van der Waals surface area contributed by atoms with Crippen LogP contribution < -0.4 is 0 Å². The van der Waals surface area contributed by atoms with Crippen LogP contribution >= 0.6 is 25.3 Å². The Bertz CT molecular complexity index is 171. The number of carboxylic acid groups (broad SMARTS) is 1. The summed E-state index contributed by atoms with van der Waals surface area (Å²) in [6.45, 7) is 0.179. The Morgan fingerprint density at radius 1 is 1.50 bits per heavy atom. The molecule has 0 aromatic heterocycles. The molecule has 12 heavy (non-hydrogen) atoms. The number of aliphatic carboxylic acids is 1. The lowest BCUT2D eigenvalue weighted by atomic mass is 10.3. The largest absolute Gasteiger partial charge is 0.481 e. The van der Waals surface area contributed by atoms with Gasteiger partial charge < -0.3 is 9.84 Å². The van der Waals surface area contributed by atoms with E-state index in [4.69, 9.17) is 5.11 Å². The Morgan fingerprint density at radius 2 is 2.08 bits per heavy atom. The first-order valence-corrected chi connectivity index (χ1v) is 4.40. The van der Waals surface area contributed by atoms with E-state index in [0.717, 1.165) is 0 Å². The van der Waals surface area contributed by atoms with Crippen LogP contribution in [0.2, 0.25) is 0 Å². The Morgan fingerprint density at radius 3 is 2.50 bits per heavy atom. The summed E-state index contributed by atoms with van der Waals surface area (Å²) in [5, 5.41) is 7.40. The molecule has 70 valence electrons. The maximum absolute atomic E-state index is 10.8. The van der Waals surface area contributed by atoms with Crippen molar-refractivity contribution in [3.05, 3.63) is 0 Å². The topological polar surface area (TPSA) is 63.6 Å². The first-order chi connectivity index (χ1) is 5.57. The van der Waals surface area contributed by atoms with Gasteiger partial charge in [0.2, 0.25) is 0 Å². The molecule has 0 radical (unpaired) electrons. The second-order valence-corrected chi connectivity index (χ2v) is 3.08. The number of rotatable bonds is 5. The van der Waals surface area contributed by atoms with Crippen molar-refractivity contribution in [2.24, 2.45) is 0 Å². The van der Waals surface area contributed by atoms with Gasteiger partial charge >= 0.3 is 11.9 Å². The fourth-order valence-corrected chi connectivity index (χ4v) is 0.813. The van der Waals surface area contributed by atoms with Crippen molar-refractivity contribution in [3.63, 3.8) is 0 Å². The van der Waals surface area contributed by atoms with Crippen LogP contribution in [-0.2, 0) is 14.3 Å². The molecule has 1 atom stereocenters. The minimum atomic E-state index is -1.07. The number of esters is 1. The van der Waals surface area contributed by atoms with E-state index in [1.807, 2.05) is 0 Å². The third-order valence-electron chi connectivity index (χ3n) is 0.976. The minimum Gasteiger partial charge on any atom is -0.481 e. The molecule has 0 aromatic carbocycles. The summed E-state index contributed by atoms with van der Waals surface area (Å²) in [5.41, 5.74) is 0. The number of hydrogen-bond donors (Lipinski definition) is 3. The molecule has 0 aliphatic carbocycles. The maximum Gasteiger partial charge on any atom is 0.319 e. The van der Waals surface area contributed by atoms with E-state index in [1.54, 1.807) is 0 Å². The zero-order valence-electron chi connectivity index (χ0n) is 6.27. The minimum absolute atomic E-state index is 0.179. The first-order valence-electron chi connectivity index (χ1n) is 3.25. The van der Waals surface area contributed by atoms with Crippen LogP contribution in [0.15, 0.2) is 0 Å². The molecule has 4 nitrogen and oxygen atoms in total. The summed E-state index contributed by atoms with van der Waals surface area (Å²) >= 11 is 7.57. The third kappa shape index (κ3) is 5.31. The van der Waals surface area contributed by atoms with E-state index in [1.165, 1.54) is 0 Å². The third-order valence-corrected chi connectivity index (χ3v) is 1.55. The van der Waals surface area contributed by atoms with Crippen molar-refractivity contribution in [3.8, 4) is 0 Å². The molecule has 0 aliphatic rings. The van der Waals surface area contributed by atoms with Gasteiger partial charge in [-0.15, -0.1) is 0 Å². The molecule has 0 aromatic rings. The van der Waals surface area contributed by atoms with E-state index >= 15 is 0 Å². The Hall–Kier alpha value is -0.360. The maximum atomic E-state index is 10.8. The second kappa shape index (κ2) is 6.19. The van der Waals surface area contributed by atoms with Gasteiger partial charge in [-0.25, -0.2) is 0 Å². The SMILES string of the molecule is O=C(O)CC(S)C(=O)OCCS. The molecule has 0 spiro atoms. The smallest absolute Gasteiger partial charge is 0.319 e.